The molecular formula is C19H37N5. The van der Waals surface area contributed by atoms with Crippen LogP contribution >= 0.6 is 0 Å². The van der Waals surface area contributed by atoms with Crippen LogP contribution in [0, 0.1) is 11.5 Å². The van der Waals surface area contributed by atoms with Crippen LogP contribution in [0.15, 0.2) is 4.99 Å². The lowest BCUT2D eigenvalue weighted by atomic mass is 9.79. The first-order valence-corrected chi connectivity index (χ1v) is 9.49. The summed E-state index contributed by atoms with van der Waals surface area (Å²) in [7, 11) is 0. The molecule has 0 aromatic carbocycles. The fourth-order valence-corrected chi connectivity index (χ4v) is 4.15. The zero-order valence-electron chi connectivity index (χ0n) is 16.4. The fraction of sp³-hybridized carbons (Fsp3) is 0.895. The van der Waals surface area contributed by atoms with E-state index in [1.54, 1.807) is 0 Å². The van der Waals surface area contributed by atoms with E-state index in [1.807, 2.05) is 6.19 Å². The number of hydrogen-bond acceptors (Lipinski definition) is 3. The van der Waals surface area contributed by atoms with Gasteiger partial charge >= 0.3 is 0 Å². The van der Waals surface area contributed by atoms with Gasteiger partial charge in [-0.05, 0) is 47.0 Å². The molecule has 0 unspecified atom stereocenters. The summed E-state index contributed by atoms with van der Waals surface area (Å²) in [6.07, 6.45) is 11.4. The number of unbranched alkanes of at least 4 members (excludes halogenated alkanes) is 5. The number of guanidine groups is 1. The maximum Gasteiger partial charge on any atom is 0.209 e. The molecule has 0 aliphatic carbocycles. The Labute approximate surface area is 148 Å². The predicted molar refractivity (Wildman–Crippen MR) is 102 cm³/mol. The Morgan fingerprint density at radius 3 is 2.21 bits per heavy atom. The number of nitrogens with zero attached hydrogens (tertiary/aromatic N) is 3. The van der Waals surface area contributed by atoms with Crippen LogP contribution in [-0.2, 0) is 0 Å². The minimum atomic E-state index is 0.0543. The zero-order chi connectivity index (χ0) is 18.2. The molecule has 0 spiro atoms. The van der Waals surface area contributed by atoms with Gasteiger partial charge in [-0.15, -0.1) is 4.99 Å². The van der Waals surface area contributed by atoms with Gasteiger partial charge in [0.1, 0.15) is 0 Å². The highest BCUT2D eigenvalue weighted by Crippen LogP contribution is 2.31. The van der Waals surface area contributed by atoms with Gasteiger partial charge in [-0.1, -0.05) is 39.0 Å². The van der Waals surface area contributed by atoms with E-state index in [4.69, 9.17) is 11.0 Å². The maximum atomic E-state index is 8.90. The Morgan fingerprint density at radius 2 is 1.67 bits per heavy atom. The predicted octanol–water partition coefficient (Wildman–Crippen LogP) is 3.75. The zero-order valence-corrected chi connectivity index (χ0v) is 16.4. The first-order chi connectivity index (χ1) is 11.2. The molecule has 0 amide bonds. The number of rotatable bonds is 8. The highest BCUT2D eigenvalue weighted by molar-refractivity contribution is 5.79. The first-order valence-electron chi connectivity index (χ1n) is 9.49. The molecule has 0 aromatic rings. The maximum absolute atomic E-state index is 8.90. The van der Waals surface area contributed by atoms with Gasteiger partial charge in [0.2, 0.25) is 12.2 Å². The summed E-state index contributed by atoms with van der Waals surface area (Å²) >= 11 is 0. The number of hydrogen-bond donors (Lipinski definition) is 2. The van der Waals surface area contributed by atoms with Crippen molar-refractivity contribution >= 4 is 5.96 Å². The molecule has 0 bridgehead atoms. The molecule has 1 aliphatic heterocycles. The Hall–Kier alpha value is -1.28. The third kappa shape index (κ3) is 7.09. The van der Waals surface area contributed by atoms with Crippen LogP contribution in [0.4, 0.5) is 0 Å². The molecule has 0 aromatic heterocycles. The number of piperidine rings is 1. The third-order valence-corrected chi connectivity index (χ3v) is 4.82. The van der Waals surface area contributed by atoms with Crippen molar-refractivity contribution in [1.29, 1.82) is 5.26 Å². The van der Waals surface area contributed by atoms with Crippen molar-refractivity contribution in [2.24, 2.45) is 10.7 Å². The lowest BCUT2D eigenvalue weighted by molar-refractivity contribution is 0.102. The summed E-state index contributed by atoms with van der Waals surface area (Å²) in [5.74, 6) is 0.379. The van der Waals surface area contributed by atoms with Crippen molar-refractivity contribution in [2.45, 2.75) is 103 Å². The largest absolute Gasteiger partial charge is 0.369 e. The van der Waals surface area contributed by atoms with Crippen molar-refractivity contribution in [2.75, 3.05) is 6.54 Å². The molecule has 0 radical (unpaired) electrons. The summed E-state index contributed by atoms with van der Waals surface area (Å²) in [6, 6.07) is 0.323. The molecule has 1 saturated heterocycles. The van der Waals surface area contributed by atoms with Crippen LogP contribution in [0.5, 0.6) is 0 Å². The minimum Gasteiger partial charge on any atom is -0.369 e. The van der Waals surface area contributed by atoms with Gasteiger partial charge in [0.05, 0.1) is 0 Å². The molecule has 138 valence electrons. The second kappa shape index (κ2) is 9.27. The molecule has 0 saturated carbocycles. The van der Waals surface area contributed by atoms with Gasteiger partial charge in [-0.25, -0.2) is 0 Å². The molecule has 3 N–H and O–H groups in total. The molecule has 1 aliphatic rings. The Bertz CT molecular complexity index is 431. The van der Waals surface area contributed by atoms with Crippen molar-refractivity contribution in [3.63, 3.8) is 0 Å². The van der Waals surface area contributed by atoms with Crippen LogP contribution in [0.3, 0.4) is 0 Å². The number of aliphatic imine (C=N–C) groups is 1. The Kier molecular flexibility index (Phi) is 8.02. The highest BCUT2D eigenvalue weighted by atomic mass is 15.3. The number of nitrogens with one attached hydrogen (secondary N) is 1. The van der Waals surface area contributed by atoms with Crippen LogP contribution < -0.4 is 11.1 Å². The van der Waals surface area contributed by atoms with Gasteiger partial charge in [-0.2, -0.15) is 5.26 Å². The molecule has 24 heavy (non-hydrogen) atoms. The average Bonchev–Trinajstić information content (AvgIpc) is 2.43. The molecule has 0 atom stereocenters. The summed E-state index contributed by atoms with van der Waals surface area (Å²) < 4.78 is 0. The van der Waals surface area contributed by atoms with E-state index < -0.39 is 0 Å². The van der Waals surface area contributed by atoms with Crippen molar-refractivity contribution in [1.82, 2.24) is 10.2 Å². The molecular weight excluding hydrogens is 298 g/mol. The summed E-state index contributed by atoms with van der Waals surface area (Å²) in [6.45, 7) is 12.1. The second-order valence-electron chi connectivity index (χ2n) is 8.49. The standard InChI is InChI=1S/C19H37N5/c1-6-7-8-9-10-11-12-24(17(21)22-15-20)16-13-18(2,3)23-19(4,5)14-16/h16,23H,6-14H2,1-5H3,(H2,21,22). The van der Waals surface area contributed by atoms with Gasteiger partial charge in [0, 0.05) is 23.7 Å². The third-order valence-electron chi connectivity index (χ3n) is 4.82. The lowest BCUT2D eigenvalue weighted by Crippen LogP contribution is -2.63. The van der Waals surface area contributed by atoms with E-state index in [2.05, 4.69) is 49.8 Å². The summed E-state index contributed by atoms with van der Waals surface area (Å²) in [4.78, 5) is 6.00. The van der Waals surface area contributed by atoms with Crippen molar-refractivity contribution < 1.29 is 0 Å². The van der Waals surface area contributed by atoms with E-state index in [-0.39, 0.29) is 11.1 Å². The lowest BCUT2D eigenvalue weighted by Gasteiger charge is -2.49. The monoisotopic (exact) mass is 335 g/mol. The number of nitrogens with two attached hydrogens (primary N) is 1. The second-order valence-corrected chi connectivity index (χ2v) is 8.49. The van der Waals surface area contributed by atoms with Crippen LogP contribution in [0.1, 0.15) is 86.0 Å². The molecule has 1 rings (SSSR count). The normalized spacial score (nSPS) is 20.6. The molecule has 5 heteroatoms. The van der Waals surface area contributed by atoms with E-state index in [0.717, 1.165) is 25.8 Å². The highest BCUT2D eigenvalue weighted by Gasteiger charge is 2.40. The summed E-state index contributed by atoms with van der Waals surface area (Å²) in [5, 5.41) is 12.6. The quantitative estimate of drug-likeness (QED) is 0.306. The van der Waals surface area contributed by atoms with E-state index in [0.29, 0.717) is 12.0 Å². The Morgan fingerprint density at radius 1 is 1.12 bits per heavy atom. The molecule has 1 heterocycles. The van der Waals surface area contributed by atoms with Gasteiger partial charge in [-0.3, -0.25) is 0 Å². The van der Waals surface area contributed by atoms with E-state index >= 15 is 0 Å². The minimum absolute atomic E-state index is 0.0543. The van der Waals surface area contributed by atoms with Crippen LogP contribution in [0.25, 0.3) is 0 Å². The summed E-state index contributed by atoms with van der Waals surface area (Å²) in [5.41, 5.74) is 6.24. The van der Waals surface area contributed by atoms with Gasteiger partial charge in [0.15, 0.2) is 0 Å². The van der Waals surface area contributed by atoms with Crippen LogP contribution in [0.2, 0.25) is 0 Å². The van der Waals surface area contributed by atoms with E-state index in [9.17, 15) is 0 Å². The number of nitriles is 1. The Balaban J connectivity index is 2.71. The molecule has 5 nitrogen and oxygen atoms in total. The SMILES string of the molecule is CCCCCCCCN(/C(N)=N/C#N)C1CC(C)(C)NC(C)(C)C1. The van der Waals surface area contributed by atoms with Gasteiger partial charge in [0.25, 0.3) is 0 Å². The average molecular weight is 336 g/mol. The smallest absolute Gasteiger partial charge is 0.209 e. The van der Waals surface area contributed by atoms with Gasteiger partial charge < -0.3 is 16.0 Å². The first kappa shape index (κ1) is 20.8. The van der Waals surface area contributed by atoms with E-state index in [1.165, 1.54) is 32.1 Å². The fourth-order valence-electron chi connectivity index (χ4n) is 4.15. The van der Waals surface area contributed by atoms with Crippen molar-refractivity contribution in [3.8, 4) is 6.19 Å². The topological polar surface area (TPSA) is 77.4 Å². The van der Waals surface area contributed by atoms with Crippen LogP contribution in [-0.4, -0.2) is 34.5 Å². The molecule has 1 fully saturated rings. The van der Waals surface area contributed by atoms with Crippen molar-refractivity contribution in [3.05, 3.63) is 0 Å².